The summed E-state index contributed by atoms with van der Waals surface area (Å²) in [6.45, 7) is 0.851. The summed E-state index contributed by atoms with van der Waals surface area (Å²) in [6.07, 6.45) is 4.77. The number of fused-ring (bicyclic) bond motifs is 1. The predicted molar refractivity (Wildman–Crippen MR) is 113 cm³/mol. The Morgan fingerprint density at radius 2 is 1.50 bits per heavy atom. The molecule has 30 heavy (non-hydrogen) atoms. The molecule has 1 aliphatic carbocycles. The molecule has 0 bridgehead atoms. The molecule has 0 saturated heterocycles. The molecule has 1 saturated carbocycles. The molecule has 1 nitrogen and oxygen atoms in total. The van der Waals surface area contributed by atoms with Crippen LogP contribution in [0.2, 0.25) is 0 Å². The van der Waals surface area contributed by atoms with E-state index in [1.165, 1.54) is 37.3 Å². The van der Waals surface area contributed by atoms with Gasteiger partial charge < -0.3 is 4.74 Å². The van der Waals surface area contributed by atoms with Gasteiger partial charge in [0.1, 0.15) is 0 Å². The minimum Gasteiger partial charge on any atom is -0.384 e. The van der Waals surface area contributed by atoms with E-state index >= 15 is 0 Å². The topological polar surface area (TPSA) is 9.23 Å². The lowest BCUT2D eigenvalue weighted by atomic mass is 9.79. The summed E-state index contributed by atoms with van der Waals surface area (Å²) in [5, 5.41) is 0.335. The van der Waals surface area contributed by atoms with Crippen molar-refractivity contribution in [3.63, 3.8) is 0 Å². The SMILES string of the molecule is COCC1CCC(c2ccc(C#Cc3ccc4c(F)c(F)c(F)cc4c3)cc2)CC1. The van der Waals surface area contributed by atoms with E-state index in [1.54, 1.807) is 19.2 Å². The highest BCUT2D eigenvalue weighted by Crippen LogP contribution is 2.35. The Kier molecular flexibility index (Phi) is 6.11. The van der Waals surface area contributed by atoms with Gasteiger partial charge in [-0.25, -0.2) is 13.2 Å². The average Bonchev–Trinajstić information content (AvgIpc) is 2.77. The molecular formula is C26H23F3O. The predicted octanol–water partition coefficient (Wildman–Crippen LogP) is 6.58. The zero-order chi connectivity index (χ0) is 21.1. The molecule has 3 aromatic carbocycles. The van der Waals surface area contributed by atoms with Crippen molar-refractivity contribution in [2.75, 3.05) is 13.7 Å². The largest absolute Gasteiger partial charge is 0.384 e. The summed E-state index contributed by atoms with van der Waals surface area (Å²) < 4.78 is 46.0. The van der Waals surface area contributed by atoms with Crippen LogP contribution in [0.5, 0.6) is 0 Å². The highest BCUT2D eigenvalue weighted by Gasteiger charge is 2.22. The molecule has 0 N–H and O–H groups in total. The Morgan fingerprint density at radius 3 is 2.20 bits per heavy atom. The smallest absolute Gasteiger partial charge is 0.195 e. The molecule has 154 valence electrons. The van der Waals surface area contributed by atoms with Gasteiger partial charge in [-0.3, -0.25) is 0 Å². The number of methoxy groups -OCH3 is 1. The van der Waals surface area contributed by atoms with Crippen LogP contribution in [-0.4, -0.2) is 13.7 Å². The monoisotopic (exact) mass is 408 g/mol. The summed E-state index contributed by atoms with van der Waals surface area (Å²) in [7, 11) is 1.76. The Hall–Kier alpha value is -2.77. The molecule has 1 aliphatic rings. The number of halogens is 3. The van der Waals surface area contributed by atoms with Crippen LogP contribution < -0.4 is 0 Å². The maximum atomic E-state index is 13.8. The first-order chi connectivity index (χ1) is 14.5. The van der Waals surface area contributed by atoms with Crippen molar-refractivity contribution in [3.8, 4) is 11.8 Å². The third-order valence-electron chi connectivity index (χ3n) is 5.96. The van der Waals surface area contributed by atoms with Crippen molar-refractivity contribution in [3.05, 3.63) is 82.7 Å². The van der Waals surface area contributed by atoms with E-state index in [-0.39, 0.29) is 10.8 Å². The van der Waals surface area contributed by atoms with E-state index in [0.29, 0.717) is 17.4 Å². The Morgan fingerprint density at radius 1 is 0.833 bits per heavy atom. The zero-order valence-corrected chi connectivity index (χ0v) is 16.9. The summed E-state index contributed by atoms with van der Waals surface area (Å²) in [5.74, 6) is 3.56. The minimum atomic E-state index is -1.45. The average molecular weight is 408 g/mol. The molecule has 0 heterocycles. The van der Waals surface area contributed by atoms with Crippen LogP contribution in [0.3, 0.4) is 0 Å². The molecule has 4 heteroatoms. The van der Waals surface area contributed by atoms with Gasteiger partial charge in [0.15, 0.2) is 17.5 Å². The van der Waals surface area contributed by atoms with E-state index in [9.17, 15) is 13.2 Å². The molecule has 0 aromatic heterocycles. The molecule has 1 fully saturated rings. The van der Waals surface area contributed by atoms with Gasteiger partial charge in [0.2, 0.25) is 0 Å². The highest BCUT2D eigenvalue weighted by molar-refractivity contribution is 5.84. The van der Waals surface area contributed by atoms with Gasteiger partial charge in [0, 0.05) is 30.2 Å². The standard InChI is InChI=1S/C26H23F3O/c1-30-16-19-6-11-21(12-7-19)20-9-4-17(5-10-20)2-3-18-8-13-23-22(14-18)15-24(27)26(29)25(23)28/h4-5,8-10,13-15,19,21H,6-7,11-12,16H2,1H3. The van der Waals surface area contributed by atoms with E-state index in [0.717, 1.165) is 18.2 Å². The van der Waals surface area contributed by atoms with Crippen molar-refractivity contribution < 1.29 is 17.9 Å². The molecule has 0 aliphatic heterocycles. The second-order valence-electron chi connectivity index (χ2n) is 7.97. The minimum absolute atomic E-state index is 0.0454. The third kappa shape index (κ3) is 4.37. The van der Waals surface area contributed by atoms with Crippen LogP contribution in [0.1, 0.15) is 48.3 Å². The number of benzene rings is 3. The maximum absolute atomic E-state index is 13.8. The molecule has 0 amide bonds. The second kappa shape index (κ2) is 8.93. The third-order valence-corrected chi connectivity index (χ3v) is 5.96. The van der Waals surface area contributed by atoms with E-state index in [2.05, 4.69) is 24.0 Å². The molecule has 0 radical (unpaired) electrons. The van der Waals surface area contributed by atoms with E-state index < -0.39 is 17.5 Å². The van der Waals surface area contributed by atoms with Crippen LogP contribution >= 0.6 is 0 Å². The normalized spacial score (nSPS) is 18.8. The van der Waals surface area contributed by atoms with Gasteiger partial charge in [-0.2, -0.15) is 0 Å². The quantitative estimate of drug-likeness (QED) is 0.351. The van der Waals surface area contributed by atoms with Gasteiger partial charge in [-0.1, -0.05) is 30.0 Å². The Labute approximate surface area is 174 Å². The number of hydrogen-bond acceptors (Lipinski definition) is 1. The van der Waals surface area contributed by atoms with Crippen molar-refractivity contribution in [2.24, 2.45) is 5.92 Å². The summed E-state index contributed by atoms with van der Waals surface area (Å²) in [4.78, 5) is 0. The first kappa shape index (κ1) is 20.5. The zero-order valence-electron chi connectivity index (χ0n) is 16.9. The second-order valence-corrected chi connectivity index (χ2v) is 7.97. The van der Waals surface area contributed by atoms with Crippen LogP contribution in [0.15, 0.2) is 48.5 Å². The van der Waals surface area contributed by atoms with Gasteiger partial charge >= 0.3 is 0 Å². The summed E-state index contributed by atoms with van der Waals surface area (Å²) in [5.41, 5.74) is 2.84. The van der Waals surface area contributed by atoms with Gasteiger partial charge in [0.25, 0.3) is 0 Å². The number of hydrogen-bond donors (Lipinski definition) is 0. The highest BCUT2D eigenvalue weighted by atomic mass is 19.2. The summed E-state index contributed by atoms with van der Waals surface area (Å²) >= 11 is 0. The van der Waals surface area contributed by atoms with Crippen LogP contribution in [0.25, 0.3) is 10.8 Å². The van der Waals surface area contributed by atoms with E-state index in [4.69, 9.17) is 4.74 Å². The van der Waals surface area contributed by atoms with Crippen molar-refractivity contribution in [1.82, 2.24) is 0 Å². The molecule has 3 aromatic rings. The lowest BCUT2D eigenvalue weighted by Crippen LogP contribution is -2.17. The molecule has 0 spiro atoms. The van der Waals surface area contributed by atoms with Crippen molar-refractivity contribution in [2.45, 2.75) is 31.6 Å². The van der Waals surface area contributed by atoms with Gasteiger partial charge in [-0.15, -0.1) is 0 Å². The van der Waals surface area contributed by atoms with Crippen molar-refractivity contribution >= 4 is 10.8 Å². The Bertz CT molecular complexity index is 1100. The van der Waals surface area contributed by atoms with Crippen LogP contribution in [0, 0.1) is 35.2 Å². The molecule has 0 atom stereocenters. The Balaban J connectivity index is 1.47. The lowest BCUT2D eigenvalue weighted by Gasteiger charge is -2.28. The number of ether oxygens (including phenoxy) is 1. The fourth-order valence-corrected chi connectivity index (χ4v) is 4.26. The lowest BCUT2D eigenvalue weighted by molar-refractivity contribution is 0.127. The molecular weight excluding hydrogens is 385 g/mol. The van der Waals surface area contributed by atoms with Gasteiger partial charge in [-0.05, 0) is 78.8 Å². The van der Waals surface area contributed by atoms with Crippen molar-refractivity contribution in [1.29, 1.82) is 0 Å². The first-order valence-corrected chi connectivity index (χ1v) is 10.2. The van der Waals surface area contributed by atoms with Gasteiger partial charge in [0.05, 0.1) is 0 Å². The summed E-state index contributed by atoms with van der Waals surface area (Å²) in [6, 6.07) is 13.9. The maximum Gasteiger partial charge on any atom is 0.195 e. The first-order valence-electron chi connectivity index (χ1n) is 10.2. The van der Waals surface area contributed by atoms with E-state index in [1.807, 2.05) is 12.1 Å². The fraction of sp³-hybridized carbons (Fsp3) is 0.308. The fourth-order valence-electron chi connectivity index (χ4n) is 4.26. The van der Waals surface area contributed by atoms with Crippen LogP contribution in [-0.2, 0) is 4.74 Å². The number of rotatable bonds is 3. The molecule has 0 unspecified atom stereocenters. The molecule has 4 rings (SSSR count). The van der Waals surface area contributed by atoms with Crippen LogP contribution in [0.4, 0.5) is 13.2 Å².